The molecule has 102 valence electrons. The number of ether oxygens (including phenoxy) is 1. The highest BCUT2D eigenvalue weighted by molar-refractivity contribution is 5.86. The number of methoxy groups -OCH3 is 1. The topological polar surface area (TPSA) is 66.8 Å². The maximum atomic E-state index is 13.9. The maximum absolute atomic E-state index is 13.9. The van der Waals surface area contributed by atoms with E-state index in [1.807, 2.05) is 0 Å². The Kier molecular flexibility index (Phi) is 3.31. The molecule has 1 saturated carbocycles. The molecule has 0 radical (unpaired) electrons. The van der Waals surface area contributed by atoms with Gasteiger partial charge in [-0.15, -0.1) is 0 Å². The smallest absolute Gasteiger partial charge is 0.343 e. The Balaban J connectivity index is 2.05. The summed E-state index contributed by atoms with van der Waals surface area (Å²) in [7, 11) is 1.54. The zero-order chi connectivity index (χ0) is 13.4. The number of alkyl halides is 1. The van der Waals surface area contributed by atoms with E-state index in [2.05, 4.69) is 0 Å². The van der Waals surface area contributed by atoms with Gasteiger partial charge in [0.2, 0.25) is 11.6 Å². The lowest BCUT2D eigenvalue weighted by atomic mass is 9.68. The summed E-state index contributed by atoms with van der Waals surface area (Å²) >= 11 is 0. The molecule has 2 aliphatic rings. The van der Waals surface area contributed by atoms with Crippen LogP contribution in [0.3, 0.4) is 0 Å². The van der Waals surface area contributed by atoms with Gasteiger partial charge >= 0.3 is 5.97 Å². The van der Waals surface area contributed by atoms with Crippen molar-refractivity contribution in [1.82, 2.24) is 4.90 Å². The van der Waals surface area contributed by atoms with Gasteiger partial charge in [0.05, 0.1) is 18.6 Å². The van der Waals surface area contributed by atoms with Gasteiger partial charge in [-0.1, -0.05) is 6.42 Å². The molecule has 1 saturated heterocycles. The standard InChI is InChI=1S/C12H18FNO4/c1-18-8-11(3-2-4-11)9(15)14-6-5-12(13,7-14)10(16)17/h2-8H2,1H3,(H,16,17). The van der Waals surface area contributed by atoms with Crippen LogP contribution in [0.2, 0.25) is 0 Å². The third-order valence-corrected chi connectivity index (χ3v) is 4.07. The summed E-state index contributed by atoms with van der Waals surface area (Å²) in [4.78, 5) is 24.5. The molecule has 1 amide bonds. The highest BCUT2D eigenvalue weighted by Crippen LogP contribution is 2.44. The Hall–Kier alpha value is -1.17. The second-order valence-corrected chi connectivity index (χ2v) is 5.31. The average Bonchev–Trinajstić information content (AvgIpc) is 2.67. The van der Waals surface area contributed by atoms with E-state index in [0.717, 1.165) is 19.3 Å². The van der Waals surface area contributed by atoms with Crippen molar-refractivity contribution < 1.29 is 23.8 Å². The molecule has 0 aromatic rings. The predicted octanol–water partition coefficient (Wildman–Crippen LogP) is 0.828. The Morgan fingerprint density at radius 3 is 2.44 bits per heavy atom. The third kappa shape index (κ3) is 1.98. The first-order chi connectivity index (χ1) is 8.43. The van der Waals surface area contributed by atoms with Crippen molar-refractivity contribution >= 4 is 11.9 Å². The molecular weight excluding hydrogens is 241 g/mol. The molecule has 1 atom stereocenters. The van der Waals surface area contributed by atoms with Gasteiger partial charge < -0.3 is 14.7 Å². The number of carboxylic acids is 1. The summed E-state index contributed by atoms with van der Waals surface area (Å²) in [6.07, 6.45) is 2.31. The summed E-state index contributed by atoms with van der Waals surface area (Å²) in [5, 5.41) is 8.81. The number of nitrogens with zero attached hydrogens (tertiary/aromatic N) is 1. The number of rotatable bonds is 4. The highest BCUT2D eigenvalue weighted by Gasteiger charge is 2.52. The van der Waals surface area contributed by atoms with Crippen LogP contribution in [0.5, 0.6) is 0 Å². The number of hydrogen-bond acceptors (Lipinski definition) is 3. The van der Waals surface area contributed by atoms with Crippen molar-refractivity contribution in [3.05, 3.63) is 0 Å². The van der Waals surface area contributed by atoms with Crippen LogP contribution in [0.1, 0.15) is 25.7 Å². The molecule has 1 aliphatic heterocycles. The second kappa shape index (κ2) is 4.50. The zero-order valence-corrected chi connectivity index (χ0v) is 10.4. The first-order valence-electron chi connectivity index (χ1n) is 6.14. The van der Waals surface area contributed by atoms with E-state index in [4.69, 9.17) is 9.84 Å². The van der Waals surface area contributed by atoms with E-state index in [-0.39, 0.29) is 25.4 Å². The molecule has 1 unspecified atom stereocenters. The normalized spacial score (nSPS) is 30.0. The van der Waals surface area contributed by atoms with Gasteiger partial charge in [-0.25, -0.2) is 9.18 Å². The van der Waals surface area contributed by atoms with E-state index in [9.17, 15) is 14.0 Å². The van der Waals surface area contributed by atoms with Crippen LogP contribution < -0.4 is 0 Å². The lowest BCUT2D eigenvalue weighted by Gasteiger charge is -2.42. The Morgan fingerprint density at radius 2 is 2.06 bits per heavy atom. The minimum absolute atomic E-state index is 0.128. The van der Waals surface area contributed by atoms with Gasteiger partial charge in [0.15, 0.2) is 0 Å². The van der Waals surface area contributed by atoms with Crippen LogP contribution in [0.25, 0.3) is 0 Å². The lowest BCUT2D eigenvalue weighted by Crippen LogP contribution is -2.51. The first-order valence-corrected chi connectivity index (χ1v) is 6.14. The van der Waals surface area contributed by atoms with Crippen LogP contribution in [-0.4, -0.2) is 54.4 Å². The fourth-order valence-corrected chi connectivity index (χ4v) is 2.76. The molecule has 2 rings (SSSR count). The number of carboxylic acid groups (broad SMARTS) is 1. The zero-order valence-electron chi connectivity index (χ0n) is 10.4. The summed E-state index contributed by atoms with van der Waals surface area (Å²) in [6, 6.07) is 0. The molecule has 5 nitrogen and oxygen atoms in total. The Morgan fingerprint density at radius 1 is 1.39 bits per heavy atom. The molecule has 18 heavy (non-hydrogen) atoms. The van der Waals surface area contributed by atoms with Crippen LogP contribution in [0, 0.1) is 5.41 Å². The van der Waals surface area contributed by atoms with Crippen molar-refractivity contribution in [2.75, 3.05) is 26.8 Å². The van der Waals surface area contributed by atoms with Crippen molar-refractivity contribution in [3.63, 3.8) is 0 Å². The fourth-order valence-electron chi connectivity index (χ4n) is 2.76. The van der Waals surface area contributed by atoms with Crippen molar-refractivity contribution in [2.24, 2.45) is 5.41 Å². The van der Waals surface area contributed by atoms with Gasteiger partial charge in [0.25, 0.3) is 0 Å². The van der Waals surface area contributed by atoms with Crippen LogP contribution in [0.4, 0.5) is 4.39 Å². The average molecular weight is 259 g/mol. The minimum Gasteiger partial charge on any atom is -0.479 e. The number of aliphatic carboxylic acids is 1. The van der Waals surface area contributed by atoms with Crippen molar-refractivity contribution in [3.8, 4) is 0 Å². The van der Waals surface area contributed by atoms with Gasteiger partial charge in [-0.3, -0.25) is 4.79 Å². The van der Waals surface area contributed by atoms with E-state index >= 15 is 0 Å². The van der Waals surface area contributed by atoms with Crippen LogP contribution >= 0.6 is 0 Å². The monoisotopic (exact) mass is 259 g/mol. The largest absolute Gasteiger partial charge is 0.479 e. The number of amides is 1. The van der Waals surface area contributed by atoms with Crippen LogP contribution in [0.15, 0.2) is 0 Å². The molecule has 0 spiro atoms. The second-order valence-electron chi connectivity index (χ2n) is 5.31. The van der Waals surface area contributed by atoms with Crippen molar-refractivity contribution in [2.45, 2.75) is 31.4 Å². The van der Waals surface area contributed by atoms with E-state index in [1.165, 1.54) is 12.0 Å². The first kappa shape index (κ1) is 13.3. The third-order valence-electron chi connectivity index (χ3n) is 4.07. The van der Waals surface area contributed by atoms with E-state index in [0.29, 0.717) is 6.61 Å². The molecule has 1 N–H and O–H groups in total. The molecule has 6 heteroatoms. The maximum Gasteiger partial charge on any atom is 0.343 e. The van der Waals surface area contributed by atoms with E-state index < -0.39 is 17.1 Å². The number of likely N-dealkylation sites (tertiary alicyclic amines) is 1. The minimum atomic E-state index is -2.28. The number of halogens is 1. The lowest BCUT2D eigenvalue weighted by molar-refractivity contribution is -0.154. The van der Waals surface area contributed by atoms with Gasteiger partial charge in [0.1, 0.15) is 0 Å². The molecule has 2 fully saturated rings. The number of carbonyl (C=O) groups excluding carboxylic acids is 1. The number of hydrogen-bond donors (Lipinski definition) is 1. The predicted molar refractivity (Wildman–Crippen MR) is 60.8 cm³/mol. The van der Waals surface area contributed by atoms with E-state index in [1.54, 1.807) is 0 Å². The number of carbonyl (C=O) groups is 2. The summed E-state index contributed by atoms with van der Waals surface area (Å²) < 4.78 is 19.0. The summed E-state index contributed by atoms with van der Waals surface area (Å²) in [6.45, 7) is 0.161. The molecule has 0 aromatic carbocycles. The molecule has 0 aromatic heterocycles. The van der Waals surface area contributed by atoms with Gasteiger partial charge in [-0.05, 0) is 12.8 Å². The summed E-state index contributed by atoms with van der Waals surface area (Å²) in [5.74, 6) is -1.64. The van der Waals surface area contributed by atoms with Gasteiger partial charge in [0, 0.05) is 20.1 Å². The summed E-state index contributed by atoms with van der Waals surface area (Å²) in [5.41, 5.74) is -2.83. The molecule has 0 bridgehead atoms. The Labute approximate surface area is 105 Å². The SMILES string of the molecule is COCC1(C(=O)N2CCC(F)(C(=O)O)C2)CCC1. The van der Waals surface area contributed by atoms with Crippen LogP contribution in [-0.2, 0) is 14.3 Å². The Bertz CT molecular complexity index is 369. The highest BCUT2D eigenvalue weighted by atomic mass is 19.1. The van der Waals surface area contributed by atoms with Crippen molar-refractivity contribution in [1.29, 1.82) is 0 Å². The van der Waals surface area contributed by atoms with Gasteiger partial charge in [-0.2, -0.15) is 0 Å². The fraction of sp³-hybridized carbons (Fsp3) is 0.833. The molecule has 1 heterocycles. The molecular formula is C12H18FNO4. The quantitative estimate of drug-likeness (QED) is 0.812. The molecule has 1 aliphatic carbocycles.